The van der Waals surface area contributed by atoms with Gasteiger partial charge in [0.05, 0.1) is 0 Å². The van der Waals surface area contributed by atoms with E-state index in [9.17, 15) is 4.79 Å². The van der Waals surface area contributed by atoms with Gasteiger partial charge in [0.25, 0.3) is 0 Å². The molecule has 0 bridgehead atoms. The van der Waals surface area contributed by atoms with E-state index in [1.165, 1.54) is 16.8 Å². The largest absolute Gasteiger partial charge is 0.384 e. The minimum Gasteiger partial charge on any atom is -0.384 e. The van der Waals surface area contributed by atoms with Gasteiger partial charge in [-0.3, -0.25) is 4.79 Å². The van der Waals surface area contributed by atoms with Crippen molar-refractivity contribution in [2.45, 2.75) is 19.3 Å². The molecule has 1 heterocycles. The van der Waals surface area contributed by atoms with Crippen LogP contribution >= 0.6 is 0 Å². The third-order valence-corrected chi connectivity index (χ3v) is 2.54. The molecule has 3 heteroatoms. The number of carbonyl (C=O) groups is 1. The lowest BCUT2D eigenvalue weighted by atomic mass is 10.0. The summed E-state index contributed by atoms with van der Waals surface area (Å²) in [6.45, 7) is 1.02. The number of hydrogen-bond acceptors (Lipinski definition) is 2. The summed E-state index contributed by atoms with van der Waals surface area (Å²) in [5, 5.41) is 3.30. The quantitative estimate of drug-likeness (QED) is 0.749. The molecule has 14 heavy (non-hydrogen) atoms. The van der Waals surface area contributed by atoms with Crippen molar-refractivity contribution in [3.63, 3.8) is 0 Å². The van der Waals surface area contributed by atoms with Gasteiger partial charge in [-0.25, -0.2) is 0 Å². The molecule has 0 unspecified atom stereocenters. The van der Waals surface area contributed by atoms with E-state index in [0.717, 1.165) is 19.4 Å². The van der Waals surface area contributed by atoms with Crippen molar-refractivity contribution in [2.24, 2.45) is 5.73 Å². The molecule has 0 spiro atoms. The predicted molar refractivity (Wildman–Crippen MR) is 56.2 cm³/mol. The maximum absolute atomic E-state index is 10.6. The number of nitrogens with one attached hydrogen (secondary N) is 1. The minimum absolute atomic E-state index is 0.233. The predicted octanol–water partition coefficient (Wildman–Crippen LogP) is 1.07. The van der Waals surface area contributed by atoms with Crippen LogP contribution in [-0.4, -0.2) is 12.5 Å². The molecule has 1 aromatic carbocycles. The van der Waals surface area contributed by atoms with Crippen molar-refractivity contribution < 1.29 is 4.79 Å². The number of rotatable bonds is 3. The van der Waals surface area contributed by atoms with Crippen LogP contribution < -0.4 is 11.1 Å². The Morgan fingerprint density at radius 1 is 1.50 bits per heavy atom. The van der Waals surface area contributed by atoms with Gasteiger partial charge in [0, 0.05) is 18.7 Å². The SMILES string of the molecule is NC(=O)CCc1ccc2c(c1)CCN2. The second kappa shape index (κ2) is 3.70. The lowest BCUT2D eigenvalue weighted by molar-refractivity contribution is -0.117. The number of carbonyl (C=O) groups excluding carboxylic acids is 1. The monoisotopic (exact) mass is 190 g/mol. The minimum atomic E-state index is -0.233. The zero-order valence-corrected chi connectivity index (χ0v) is 8.05. The van der Waals surface area contributed by atoms with Gasteiger partial charge in [-0.2, -0.15) is 0 Å². The molecule has 3 N–H and O–H groups in total. The van der Waals surface area contributed by atoms with E-state index in [2.05, 4.69) is 23.5 Å². The molecule has 1 aliphatic heterocycles. The summed E-state index contributed by atoms with van der Waals surface area (Å²) in [6, 6.07) is 6.30. The maximum atomic E-state index is 10.6. The Morgan fingerprint density at radius 3 is 3.14 bits per heavy atom. The summed E-state index contributed by atoms with van der Waals surface area (Å²) >= 11 is 0. The second-order valence-electron chi connectivity index (χ2n) is 3.63. The molecule has 0 aliphatic carbocycles. The van der Waals surface area contributed by atoms with Crippen LogP contribution in [0.5, 0.6) is 0 Å². The summed E-state index contributed by atoms with van der Waals surface area (Å²) in [5.74, 6) is -0.233. The number of amides is 1. The van der Waals surface area contributed by atoms with Crippen LogP contribution in [-0.2, 0) is 17.6 Å². The van der Waals surface area contributed by atoms with Gasteiger partial charge in [-0.15, -0.1) is 0 Å². The first-order valence-electron chi connectivity index (χ1n) is 4.90. The summed E-state index contributed by atoms with van der Waals surface area (Å²) in [4.78, 5) is 10.6. The van der Waals surface area contributed by atoms with Gasteiger partial charge in [0.1, 0.15) is 0 Å². The average Bonchev–Trinajstić information content (AvgIpc) is 2.61. The van der Waals surface area contributed by atoms with Crippen molar-refractivity contribution in [1.82, 2.24) is 0 Å². The second-order valence-corrected chi connectivity index (χ2v) is 3.63. The Morgan fingerprint density at radius 2 is 2.36 bits per heavy atom. The fourth-order valence-corrected chi connectivity index (χ4v) is 1.78. The number of hydrogen-bond donors (Lipinski definition) is 2. The van der Waals surface area contributed by atoms with Crippen LogP contribution in [0.15, 0.2) is 18.2 Å². The van der Waals surface area contributed by atoms with Crippen LogP contribution in [0, 0.1) is 0 Å². The molecular formula is C11H14N2O. The number of nitrogens with two attached hydrogens (primary N) is 1. The van der Waals surface area contributed by atoms with Gasteiger partial charge in [-0.1, -0.05) is 12.1 Å². The van der Waals surface area contributed by atoms with Crippen molar-refractivity contribution in [3.05, 3.63) is 29.3 Å². The number of benzene rings is 1. The topological polar surface area (TPSA) is 55.1 Å². The number of fused-ring (bicyclic) bond motifs is 1. The van der Waals surface area contributed by atoms with Crippen molar-refractivity contribution in [1.29, 1.82) is 0 Å². The molecule has 0 saturated heterocycles. The highest BCUT2D eigenvalue weighted by Crippen LogP contribution is 2.23. The Balaban J connectivity index is 2.09. The first-order chi connectivity index (χ1) is 6.75. The molecule has 0 aromatic heterocycles. The van der Waals surface area contributed by atoms with Crippen molar-refractivity contribution in [2.75, 3.05) is 11.9 Å². The van der Waals surface area contributed by atoms with Gasteiger partial charge in [0.2, 0.25) is 5.91 Å². The molecule has 74 valence electrons. The van der Waals surface area contributed by atoms with Gasteiger partial charge in [-0.05, 0) is 30.0 Å². The Hall–Kier alpha value is -1.51. The summed E-state index contributed by atoms with van der Waals surface area (Å²) < 4.78 is 0. The molecule has 1 aromatic rings. The van der Waals surface area contributed by atoms with Crippen LogP contribution in [0.25, 0.3) is 0 Å². The highest BCUT2D eigenvalue weighted by Gasteiger charge is 2.09. The zero-order valence-electron chi connectivity index (χ0n) is 8.05. The fourth-order valence-electron chi connectivity index (χ4n) is 1.78. The molecule has 2 rings (SSSR count). The van der Waals surface area contributed by atoms with E-state index in [1.54, 1.807) is 0 Å². The lowest BCUT2D eigenvalue weighted by Crippen LogP contribution is -2.11. The van der Waals surface area contributed by atoms with Gasteiger partial charge < -0.3 is 11.1 Å². The zero-order chi connectivity index (χ0) is 9.97. The van der Waals surface area contributed by atoms with Crippen LogP contribution in [0.2, 0.25) is 0 Å². The summed E-state index contributed by atoms with van der Waals surface area (Å²) in [7, 11) is 0. The van der Waals surface area contributed by atoms with Crippen LogP contribution in [0.1, 0.15) is 17.5 Å². The molecule has 0 radical (unpaired) electrons. The normalized spacial score (nSPS) is 13.4. The molecule has 3 nitrogen and oxygen atoms in total. The third kappa shape index (κ3) is 1.87. The first-order valence-corrected chi connectivity index (χ1v) is 4.90. The van der Waals surface area contributed by atoms with E-state index >= 15 is 0 Å². The third-order valence-electron chi connectivity index (χ3n) is 2.54. The Kier molecular flexibility index (Phi) is 2.39. The molecule has 0 fully saturated rings. The average molecular weight is 190 g/mol. The van der Waals surface area contributed by atoms with E-state index < -0.39 is 0 Å². The molecular weight excluding hydrogens is 176 g/mol. The molecule has 0 saturated carbocycles. The van der Waals surface area contributed by atoms with E-state index in [4.69, 9.17) is 5.73 Å². The van der Waals surface area contributed by atoms with Crippen LogP contribution in [0.3, 0.4) is 0 Å². The summed E-state index contributed by atoms with van der Waals surface area (Å²) in [5.41, 5.74) is 8.89. The molecule has 1 amide bonds. The summed E-state index contributed by atoms with van der Waals surface area (Å²) in [6.07, 6.45) is 2.27. The number of aryl methyl sites for hydroxylation is 1. The Labute approximate surface area is 83.3 Å². The first kappa shape index (κ1) is 9.06. The van der Waals surface area contributed by atoms with Crippen LogP contribution in [0.4, 0.5) is 5.69 Å². The fraction of sp³-hybridized carbons (Fsp3) is 0.364. The van der Waals surface area contributed by atoms with E-state index in [0.29, 0.717) is 6.42 Å². The highest BCUT2D eigenvalue weighted by molar-refractivity contribution is 5.74. The van der Waals surface area contributed by atoms with Gasteiger partial charge >= 0.3 is 0 Å². The standard InChI is InChI=1S/C11H14N2O/c12-11(14)4-2-8-1-3-10-9(7-8)5-6-13-10/h1,3,7,13H,2,4-6H2,(H2,12,14). The Bertz CT molecular complexity index is 360. The maximum Gasteiger partial charge on any atom is 0.217 e. The molecule has 0 atom stereocenters. The van der Waals surface area contributed by atoms with E-state index in [1.807, 2.05) is 0 Å². The highest BCUT2D eigenvalue weighted by atomic mass is 16.1. The smallest absolute Gasteiger partial charge is 0.217 e. The van der Waals surface area contributed by atoms with Crippen molar-refractivity contribution in [3.8, 4) is 0 Å². The van der Waals surface area contributed by atoms with E-state index in [-0.39, 0.29) is 5.91 Å². The van der Waals surface area contributed by atoms with Gasteiger partial charge in [0.15, 0.2) is 0 Å². The lowest BCUT2D eigenvalue weighted by Gasteiger charge is -2.03. The van der Waals surface area contributed by atoms with Crippen molar-refractivity contribution >= 4 is 11.6 Å². The number of anilines is 1. The number of primary amides is 1. The molecule has 1 aliphatic rings.